The predicted octanol–water partition coefficient (Wildman–Crippen LogP) is 0.801. The van der Waals surface area contributed by atoms with Crippen molar-refractivity contribution in [2.75, 3.05) is 6.54 Å². The van der Waals surface area contributed by atoms with E-state index in [1.54, 1.807) is 4.90 Å². The van der Waals surface area contributed by atoms with Gasteiger partial charge in [0.05, 0.1) is 0 Å². The average molecular weight is 274 g/mol. The van der Waals surface area contributed by atoms with Crippen molar-refractivity contribution in [1.82, 2.24) is 4.90 Å². The van der Waals surface area contributed by atoms with Gasteiger partial charge in [0.25, 0.3) is 5.91 Å². The zero-order valence-corrected chi connectivity index (χ0v) is 10.8. The lowest BCUT2D eigenvalue weighted by atomic mass is 9.99. The maximum absolute atomic E-state index is 12.3. The molecule has 0 radical (unpaired) electrons. The van der Waals surface area contributed by atoms with Crippen LogP contribution in [0.2, 0.25) is 0 Å². The summed E-state index contributed by atoms with van der Waals surface area (Å²) in [5, 5.41) is 12.3. The van der Waals surface area contributed by atoms with Gasteiger partial charge in [0, 0.05) is 19.5 Å². The summed E-state index contributed by atoms with van der Waals surface area (Å²) < 4.78 is 0. The summed E-state index contributed by atoms with van der Waals surface area (Å²) >= 11 is 0. The first-order valence-corrected chi connectivity index (χ1v) is 6.46. The molecule has 2 aliphatic heterocycles. The zero-order valence-electron chi connectivity index (χ0n) is 10.8. The Bertz CT molecular complexity index is 597. The van der Waals surface area contributed by atoms with Crippen LogP contribution >= 0.6 is 0 Å². The standard InChI is InChI=1S/C14H14N2O4/c17-13(12-7-11(14(18)19)15-20-12)16-6-5-9-3-1-2-4-10(9)8-16/h1-4,12H,5-8H2,(H,18,19). The molecule has 3 rings (SSSR count). The van der Waals surface area contributed by atoms with E-state index in [1.165, 1.54) is 5.56 Å². The van der Waals surface area contributed by atoms with E-state index in [9.17, 15) is 9.59 Å². The largest absolute Gasteiger partial charge is 0.477 e. The second kappa shape index (κ2) is 4.96. The topological polar surface area (TPSA) is 79.2 Å². The molecule has 20 heavy (non-hydrogen) atoms. The van der Waals surface area contributed by atoms with E-state index < -0.39 is 12.1 Å². The van der Waals surface area contributed by atoms with Gasteiger partial charge in [-0.3, -0.25) is 4.79 Å². The van der Waals surface area contributed by atoms with Crippen molar-refractivity contribution < 1.29 is 19.5 Å². The van der Waals surface area contributed by atoms with Crippen LogP contribution in [-0.2, 0) is 27.4 Å². The summed E-state index contributed by atoms with van der Waals surface area (Å²) in [6, 6.07) is 8.01. The molecule has 0 fully saturated rings. The van der Waals surface area contributed by atoms with Crippen molar-refractivity contribution >= 4 is 17.6 Å². The number of hydrogen-bond acceptors (Lipinski definition) is 4. The monoisotopic (exact) mass is 274 g/mol. The highest BCUT2D eigenvalue weighted by atomic mass is 16.6. The van der Waals surface area contributed by atoms with Crippen molar-refractivity contribution in [3.05, 3.63) is 35.4 Å². The van der Waals surface area contributed by atoms with Crippen molar-refractivity contribution in [2.45, 2.75) is 25.5 Å². The molecular weight excluding hydrogens is 260 g/mol. The SMILES string of the molecule is O=C(O)C1=NOC(C(=O)N2CCc3ccccc3C2)C1. The summed E-state index contributed by atoms with van der Waals surface area (Å²) in [7, 11) is 0. The molecule has 0 bridgehead atoms. The fraction of sp³-hybridized carbons (Fsp3) is 0.357. The van der Waals surface area contributed by atoms with E-state index in [-0.39, 0.29) is 18.0 Å². The predicted molar refractivity (Wildman–Crippen MR) is 70.1 cm³/mol. The second-order valence-electron chi connectivity index (χ2n) is 4.92. The van der Waals surface area contributed by atoms with Crippen LogP contribution < -0.4 is 0 Å². The second-order valence-corrected chi connectivity index (χ2v) is 4.92. The quantitative estimate of drug-likeness (QED) is 0.865. The van der Waals surface area contributed by atoms with Crippen LogP contribution in [0.15, 0.2) is 29.4 Å². The number of amides is 1. The molecule has 1 amide bonds. The molecule has 1 aromatic carbocycles. The summed E-state index contributed by atoms with van der Waals surface area (Å²) in [4.78, 5) is 29.7. The third-order valence-corrected chi connectivity index (χ3v) is 3.63. The number of aliphatic carboxylic acids is 1. The Morgan fingerprint density at radius 2 is 2.05 bits per heavy atom. The molecule has 6 nitrogen and oxygen atoms in total. The van der Waals surface area contributed by atoms with Crippen LogP contribution in [0.1, 0.15) is 17.5 Å². The molecule has 6 heteroatoms. The van der Waals surface area contributed by atoms with E-state index in [4.69, 9.17) is 9.94 Å². The first-order chi connectivity index (χ1) is 9.65. The number of rotatable bonds is 2. The molecule has 104 valence electrons. The molecule has 1 unspecified atom stereocenters. The fourth-order valence-electron chi connectivity index (χ4n) is 2.52. The average Bonchev–Trinajstić information content (AvgIpc) is 2.96. The Labute approximate surface area is 115 Å². The van der Waals surface area contributed by atoms with Gasteiger partial charge in [-0.25, -0.2) is 4.79 Å². The molecule has 0 spiro atoms. The number of hydrogen-bond donors (Lipinski definition) is 1. The first-order valence-electron chi connectivity index (χ1n) is 6.46. The molecular formula is C14H14N2O4. The van der Waals surface area contributed by atoms with Gasteiger partial charge >= 0.3 is 5.97 Å². The summed E-state index contributed by atoms with van der Waals surface area (Å²) in [6.45, 7) is 1.16. The number of fused-ring (bicyclic) bond motifs is 1. The number of carboxylic acids is 1. The first kappa shape index (κ1) is 12.7. The molecule has 1 N–H and O–H groups in total. The normalized spacial score (nSPS) is 20.9. The molecule has 2 aliphatic rings. The van der Waals surface area contributed by atoms with Gasteiger partial charge in [-0.1, -0.05) is 29.4 Å². The summed E-state index contributed by atoms with van der Waals surface area (Å²) in [6.07, 6.45) is 0.0412. The van der Waals surface area contributed by atoms with E-state index in [1.807, 2.05) is 18.2 Å². The van der Waals surface area contributed by atoms with Gasteiger partial charge in [-0.2, -0.15) is 0 Å². The molecule has 1 atom stereocenters. The van der Waals surface area contributed by atoms with Gasteiger partial charge in [-0.15, -0.1) is 0 Å². The minimum absolute atomic E-state index is 0.0340. The van der Waals surface area contributed by atoms with Crippen molar-refractivity contribution in [1.29, 1.82) is 0 Å². The highest BCUT2D eigenvalue weighted by Crippen LogP contribution is 2.21. The van der Waals surface area contributed by atoms with Crippen LogP contribution in [0.25, 0.3) is 0 Å². The smallest absolute Gasteiger partial charge is 0.353 e. The van der Waals surface area contributed by atoms with Crippen molar-refractivity contribution in [3.63, 3.8) is 0 Å². The molecule has 0 aliphatic carbocycles. The van der Waals surface area contributed by atoms with Crippen LogP contribution in [0.4, 0.5) is 0 Å². The lowest BCUT2D eigenvalue weighted by molar-refractivity contribution is -0.143. The van der Waals surface area contributed by atoms with Gasteiger partial charge in [-0.05, 0) is 17.5 Å². The van der Waals surface area contributed by atoms with Gasteiger partial charge in [0.1, 0.15) is 0 Å². The Balaban J connectivity index is 1.67. The lowest BCUT2D eigenvalue weighted by Crippen LogP contribution is -2.42. The number of benzene rings is 1. The van der Waals surface area contributed by atoms with E-state index in [2.05, 4.69) is 11.2 Å². The van der Waals surface area contributed by atoms with E-state index in [0.29, 0.717) is 13.1 Å². The maximum Gasteiger partial charge on any atom is 0.353 e. The number of nitrogens with zero attached hydrogens (tertiary/aromatic N) is 2. The van der Waals surface area contributed by atoms with E-state index >= 15 is 0 Å². The maximum atomic E-state index is 12.3. The van der Waals surface area contributed by atoms with Crippen molar-refractivity contribution in [3.8, 4) is 0 Å². The molecule has 0 saturated carbocycles. The Hall–Kier alpha value is -2.37. The highest BCUT2D eigenvalue weighted by Gasteiger charge is 2.35. The molecule has 1 aromatic rings. The third-order valence-electron chi connectivity index (χ3n) is 3.63. The van der Waals surface area contributed by atoms with E-state index in [0.717, 1.165) is 12.0 Å². The lowest BCUT2D eigenvalue weighted by Gasteiger charge is -2.30. The molecule has 0 aromatic heterocycles. The Morgan fingerprint density at radius 1 is 1.30 bits per heavy atom. The number of carboxylic acid groups (broad SMARTS) is 1. The van der Waals surface area contributed by atoms with Crippen LogP contribution in [0, 0.1) is 0 Å². The highest BCUT2D eigenvalue weighted by molar-refractivity contribution is 6.36. The minimum atomic E-state index is -1.13. The fourth-order valence-corrected chi connectivity index (χ4v) is 2.52. The van der Waals surface area contributed by atoms with Crippen LogP contribution in [0.3, 0.4) is 0 Å². The van der Waals surface area contributed by atoms with Gasteiger partial charge in [0.15, 0.2) is 5.71 Å². The summed E-state index contributed by atoms with van der Waals surface area (Å²) in [5.41, 5.74) is 2.29. The van der Waals surface area contributed by atoms with Gasteiger partial charge in [0.2, 0.25) is 6.10 Å². The minimum Gasteiger partial charge on any atom is -0.477 e. The number of oxime groups is 1. The third kappa shape index (κ3) is 2.24. The zero-order chi connectivity index (χ0) is 14.1. The van der Waals surface area contributed by atoms with Crippen molar-refractivity contribution in [2.24, 2.45) is 5.16 Å². The number of carbonyl (C=O) groups is 2. The molecule has 2 heterocycles. The molecule has 0 saturated heterocycles. The van der Waals surface area contributed by atoms with Gasteiger partial charge < -0.3 is 14.8 Å². The van der Waals surface area contributed by atoms with Crippen LogP contribution in [0.5, 0.6) is 0 Å². The summed E-state index contributed by atoms with van der Waals surface area (Å²) in [5.74, 6) is -1.33. The Kier molecular flexibility index (Phi) is 3.14. The van der Waals surface area contributed by atoms with Crippen LogP contribution in [-0.4, -0.2) is 40.2 Å². The Morgan fingerprint density at radius 3 is 2.75 bits per heavy atom. The number of carbonyl (C=O) groups excluding carboxylic acids is 1.